The Hall–Kier alpha value is -1.09. The normalized spacial score (nSPS) is 27.1. The van der Waals surface area contributed by atoms with Crippen LogP contribution in [0.5, 0.6) is 0 Å². The predicted octanol–water partition coefficient (Wildman–Crippen LogP) is 2.55. The second kappa shape index (κ2) is 4.65. The summed E-state index contributed by atoms with van der Waals surface area (Å²) in [5.41, 5.74) is 2.73. The Kier molecular flexibility index (Phi) is 3.02. The number of rotatable bonds is 3. The number of hydrogen-bond acceptors (Lipinski definition) is 3. The highest BCUT2D eigenvalue weighted by atomic mass is 16.5. The first-order valence-electron chi connectivity index (χ1n) is 6.65. The van der Waals surface area contributed by atoms with Crippen molar-refractivity contribution < 1.29 is 4.74 Å². The Morgan fingerprint density at radius 2 is 2.18 bits per heavy atom. The summed E-state index contributed by atoms with van der Waals surface area (Å²) >= 11 is 0. The number of aryl methyl sites for hydroxylation is 2. The molecule has 3 rings (SSSR count). The molecule has 0 aromatic carbocycles. The van der Waals surface area contributed by atoms with Crippen LogP contribution < -0.4 is 5.32 Å². The lowest BCUT2D eigenvalue weighted by Crippen LogP contribution is -2.30. The summed E-state index contributed by atoms with van der Waals surface area (Å²) in [6, 6.07) is 4.79. The molecule has 0 aliphatic heterocycles. The quantitative estimate of drug-likeness (QED) is 0.869. The van der Waals surface area contributed by atoms with Crippen molar-refractivity contribution in [3.8, 4) is 0 Å². The summed E-state index contributed by atoms with van der Waals surface area (Å²) in [6.07, 6.45) is 7.56. The molecule has 3 heteroatoms. The molecular formula is C14H20N2O. The third-order valence-corrected chi connectivity index (χ3v) is 4.02. The van der Waals surface area contributed by atoms with Crippen molar-refractivity contribution >= 4 is 5.82 Å². The number of ether oxygens (including phenoxy) is 1. The molecule has 1 saturated carbocycles. The molecule has 0 amide bonds. The molecule has 0 saturated heterocycles. The van der Waals surface area contributed by atoms with Gasteiger partial charge in [-0.05, 0) is 50.2 Å². The first-order valence-corrected chi connectivity index (χ1v) is 6.65. The molecule has 2 atom stereocenters. The Morgan fingerprint density at radius 1 is 1.24 bits per heavy atom. The lowest BCUT2D eigenvalue weighted by Gasteiger charge is -2.20. The summed E-state index contributed by atoms with van der Waals surface area (Å²) in [7, 11) is 1.81. The van der Waals surface area contributed by atoms with Gasteiger partial charge in [-0.15, -0.1) is 0 Å². The van der Waals surface area contributed by atoms with E-state index in [0.717, 1.165) is 12.2 Å². The number of nitrogens with one attached hydrogen (secondary N) is 1. The minimum Gasteiger partial charge on any atom is -0.379 e. The van der Waals surface area contributed by atoms with Crippen LogP contribution in [0.3, 0.4) is 0 Å². The van der Waals surface area contributed by atoms with E-state index < -0.39 is 0 Å². The van der Waals surface area contributed by atoms with E-state index >= 15 is 0 Å². The minimum atomic E-state index is 0.352. The second-order valence-electron chi connectivity index (χ2n) is 5.11. The SMILES string of the molecule is COC1CCCC1Nc1ccc2c(n1)CCC2. The van der Waals surface area contributed by atoms with E-state index in [1.807, 2.05) is 0 Å². The van der Waals surface area contributed by atoms with Crippen LogP contribution in [-0.4, -0.2) is 24.2 Å². The molecule has 1 N–H and O–H groups in total. The number of anilines is 1. The van der Waals surface area contributed by atoms with Crippen molar-refractivity contribution in [1.82, 2.24) is 4.98 Å². The van der Waals surface area contributed by atoms with Crippen molar-refractivity contribution in [3.05, 3.63) is 23.4 Å². The van der Waals surface area contributed by atoms with Gasteiger partial charge in [0.2, 0.25) is 0 Å². The third-order valence-electron chi connectivity index (χ3n) is 4.02. The van der Waals surface area contributed by atoms with Crippen LogP contribution >= 0.6 is 0 Å². The van der Waals surface area contributed by atoms with Crippen LogP contribution in [0.2, 0.25) is 0 Å². The van der Waals surface area contributed by atoms with Gasteiger partial charge < -0.3 is 10.1 Å². The highest BCUT2D eigenvalue weighted by Crippen LogP contribution is 2.26. The average molecular weight is 232 g/mol. The van der Waals surface area contributed by atoms with Crippen molar-refractivity contribution in [1.29, 1.82) is 0 Å². The van der Waals surface area contributed by atoms with Crippen molar-refractivity contribution in [2.45, 2.75) is 50.7 Å². The summed E-state index contributed by atoms with van der Waals surface area (Å²) in [5.74, 6) is 1.03. The van der Waals surface area contributed by atoms with Gasteiger partial charge in [0, 0.05) is 12.8 Å². The molecule has 0 spiro atoms. The summed E-state index contributed by atoms with van der Waals surface area (Å²) in [4.78, 5) is 4.72. The Balaban J connectivity index is 1.72. The van der Waals surface area contributed by atoms with E-state index in [1.165, 1.54) is 43.4 Å². The van der Waals surface area contributed by atoms with E-state index in [1.54, 1.807) is 7.11 Å². The molecule has 3 nitrogen and oxygen atoms in total. The van der Waals surface area contributed by atoms with Gasteiger partial charge in [0.05, 0.1) is 12.1 Å². The van der Waals surface area contributed by atoms with E-state index in [-0.39, 0.29) is 0 Å². The molecule has 2 unspecified atom stereocenters. The van der Waals surface area contributed by atoms with Crippen molar-refractivity contribution in [3.63, 3.8) is 0 Å². The van der Waals surface area contributed by atoms with Gasteiger partial charge in [-0.3, -0.25) is 0 Å². The third kappa shape index (κ3) is 2.16. The topological polar surface area (TPSA) is 34.1 Å². The monoisotopic (exact) mass is 232 g/mol. The first kappa shape index (κ1) is 11.0. The fourth-order valence-corrected chi connectivity index (χ4v) is 3.06. The molecule has 2 aliphatic rings. The molecule has 1 fully saturated rings. The Morgan fingerprint density at radius 3 is 3.06 bits per heavy atom. The second-order valence-corrected chi connectivity index (χ2v) is 5.11. The first-order chi connectivity index (χ1) is 8.36. The van der Waals surface area contributed by atoms with E-state index in [9.17, 15) is 0 Å². The maximum Gasteiger partial charge on any atom is 0.126 e. The van der Waals surface area contributed by atoms with Gasteiger partial charge in [0.25, 0.3) is 0 Å². The lowest BCUT2D eigenvalue weighted by molar-refractivity contribution is 0.101. The van der Waals surface area contributed by atoms with Gasteiger partial charge in [0.15, 0.2) is 0 Å². The van der Waals surface area contributed by atoms with E-state index in [2.05, 4.69) is 17.4 Å². The van der Waals surface area contributed by atoms with Gasteiger partial charge >= 0.3 is 0 Å². The van der Waals surface area contributed by atoms with Crippen molar-refractivity contribution in [2.75, 3.05) is 12.4 Å². The number of aromatic nitrogens is 1. The minimum absolute atomic E-state index is 0.352. The number of pyridine rings is 1. The summed E-state index contributed by atoms with van der Waals surface area (Å²) in [6.45, 7) is 0. The molecule has 1 aromatic heterocycles. The standard InChI is InChI=1S/C14H20N2O/c1-17-13-7-3-6-12(13)16-14-9-8-10-4-2-5-11(10)15-14/h8-9,12-13H,2-7H2,1H3,(H,15,16). The molecular weight excluding hydrogens is 212 g/mol. The van der Waals surface area contributed by atoms with Crippen molar-refractivity contribution in [2.24, 2.45) is 0 Å². The van der Waals surface area contributed by atoms with Gasteiger partial charge in [0.1, 0.15) is 5.82 Å². The smallest absolute Gasteiger partial charge is 0.126 e. The van der Waals surface area contributed by atoms with Crippen LogP contribution in [0, 0.1) is 0 Å². The zero-order chi connectivity index (χ0) is 11.7. The van der Waals surface area contributed by atoms with Crippen LogP contribution in [0.1, 0.15) is 36.9 Å². The predicted molar refractivity (Wildman–Crippen MR) is 68.3 cm³/mol. The fourth-order valence-electron chi connectivity index (χ4n) is 3.06. The van der Waals surface area contributed by atoms with Crippen LogP contribution in [0.4, 0.5) is 5.82 Å². The molecule has 1 heterocycles. The number of fused-ring (bicyclic) bond motifs is 1. The average Bonchev–Trinajstić information content (AvgIpc) is 2.96. The van der Waals surface area contributed by atoms with Gasteiger partial charge in [-0.25, -0.2) is 4.98 Å². The largest absolute Gasteiger partial charge is 0.379 e. The zero-order valence-corrected chi connectivity index (χ0v) is 10.4. The van der Waals surface area contributed by atoms with Crippen LogP contribution in [0.15, 0.2) is 12.1 Å². The molecule has 92 valence electrons. The highest BCUT2D eigenvalue weighted by Gasteiger charge is 2.27. The Bertz CT molecular complexity index is 405. The van der Waals surface area contributed by atoms with E-state index in [0.29, 0.717) is 12.1 Å². The van der Waals surface area contributed by atoms with Gasteiger partial charge in [-0.2, -0.15) is 0 Å². The van der Waals surface area contributed by atoms with Gasteiger partial charge in [-0.1, -0.05) is 6.07 Å². The number of methoxy groups -OCH3 is 1. The maximum absolute atomic E-state index is 5.50. The molecule has 1 aromatic rings. The fraction of sp³-hybridized carbons (Fsp3) is 0.643. The maximum atomic E-state index is 5.50. The number of hydrogen-bond donors (Lipinski definition) is 1. The molecule has 0 bridgehead atoms. The van der Waals surface area contributed by atoms with E-state index in [4.69, 9.17) is 9.72 Å². The summed E-state index contributed by atoms with van der Waals surface area (Å²) in [5, 5.41) is 3.54. The Labute approximate surface area is 103 Å². The molecule has 2 aliphatic carbocycles. The number of nitrogens with zero attached hydrogens (tertiary/aromatic N) is 1. The highest BCUT2D eigenvalue weighted by molar-refractivity contribution is 5.41. The van der Waals surface area contributed by atoms with Crippen LogP contribution in [0.25, 0.3) is 0 Å². The summed E-state index contributed by atoms with van der Waals surface area (Å²) < 4.78 is 5.50. The zero-order valence-electron chi connectivity index (χ0n) is 10.4. The van der Waals surface area contributed by atoms with Crippen LogP contribution in [-0.2, 0) is 17.6 Å². The molecule has 17 heavy (non-hydrogen) atoms. The molecule has 0 radical (unpaired) electrons. The lowest BCUT2D eigenvalue weighted by atomic mass is 10.2.